The monoisotopic (exact) mass is 265 g/mol. The Morgan fingerprint density at radius 2 is 2.17 bits per heavy atom. The first-order valence-electron chi connectivity index (χ1n) is 6.29. The average Bonchev–Trinajstić information content (AvgIpc) is 2.86. The fourth-order valence-electron chi connectivity index (χ4n) is 1.82. The summed E-state index contributed by atoms with van der Waals surface area (Å²) in [6.45, 7) is 0.943. The van der Waals surface area contributed by atoms with Gasteiger partial charge in [0.2, 0.25) is 5.65 Å². The molecule has 0 saturated heterocycles. The van der Waals surface area contributed by atoms with E-state index < -0.39 is 0 Å². The number of thioether (sulfide) groups is 1. The summed E-state index contributed by atoms with van der Waals surface area (Å²) in [5.41, 5.74) is 0.792. The van der Waals surface area contributed by atoms with Gasteiger partial charge in [0.25, 0.3) is 0 Å². The molecule has 2 rings (SSSR count). The lowest BCUT2D eigenvalue weighted by Crippen LogP contribution is -2.05. The highest BCUT2D eigenvalue weighted by atomic mass is 32.2. The van der Waals surface area contributed by atoms with Gasteiger partial charge in [0, 0.05) is 18.9 Å². The number of nitrogens with zero attached hydrogens (tertiary/aromatic N) is 4. The van der Waals surface area contributed by atoms with Crippen molar-refractivity contribution in [2.45, 2.75) is 25.7 Å². The lowest BCUT2D eigenvalue weighted by atomic mass is 10.2. The van der Waals surface area contributed by atoms with Gasteiger partial charge >= 0.3 is 0 Å². The van der Waals surface area contributed by atoms with Crippen molar-refractivity contribution in [1.29, 1.82) is 0 Å². The molecule has 0 amide bonds. The molecule has 0 atom stereocenters. The van der Waals surface area contributed by atoms with Crippen molar-refractivity contribution in [2.75, 3.05) is 23.9 Å². The maximum Gasteiger partial charge on any atom is 0.203 e. The third-order valence-electron chi connectivity index (χ3n) is 2.78. The molecule has 0 aliphatic heterocycles. The first kappa shape index (κ1) is 13.1. The van der Waals surface area contributed by atoms with Crippen LogP contribution in [0.25, 0.3) is 5.65 Å². The van der Waals surface area contributed by atoms with Crippen LogP contribution in [-0.2, 0) is 0 Å². The molecule has 6 heteroatoms. The fraction of sp³-hybridized carbons (Fsp3) is 0.583. The van der Waals surface area contributed by atoms with Gasteiger partial charge in [0.15, 0.2) is 5.82 Å². The molecule has 0 bridgehead atoms. The first-order valence-corrected chi connectivity index (χ1v) is 7.68. The summed E-state index contributed by atoms with van der Waals surface area (Å²) in [5, 5.41) is 11.2. The third-order valence-corrected chi connectivity index (χ3v) is 3.48. The van der Waals surface area contributed by atoms with Gasteiger partial charge in [-0.3, -0.25) is 4.40 Å². The second kappa shape index (κ2) is 7.20. The van der Waals surface area contributed by atoms with Crippen LogP contribution in [0.5, 0.6) is 0 Å². The van der Waals surface area contributed by atoms with Gasteiger partial charge in [-0.1, -0.05) is 12.8 Å². The van der Waals surface area contributed by atoms with Gasteiger partial charge in [0.1, 0.15) is 6.33 Å². The molecule has 0 unspecified atom stereocenters. The SMILES string of the molecule is CSCCCCCCNc1nccn2cnnc12. The molecule has 98 valence electrons. The lowest BCUT2D eigenvalue weighted by molar-refractivity contribution is 0.688. The Bertz CT molecular complexity index is 470. The van der Waals surface area contributed by atoms with E-state index >= 15 is 0 Å². The van der Waals surface area contributed by atoms with Crippen molar-refractivity contribution in [1.82, 2.24) is 19.6 Å². The number of fused-ring (bicyclic) bond motifs is 1. The molecule has 2 heterocycles. The van der Waals surface area contributed by atoms with E-state index in [-0.39, 0.29) is 0 Å². The number of nitrogens with one attached hydrogen (secondary N) is 1. The van der Waals surface area contributed by atoms with E-state index in [1.165, 1.54) is 31.4 Å². The predicted molar refractivity (Wildman–Crippen MR) is 76.1 cm³/mol. The van der Waals surface area contributed by atoms with Crippen molar-refractivity contribution in [3.8, 4) is 0 Å². The fourth-order valence-corrected chi connectivity index (χ4v) is 2.31. The zero-order valence-electron chi connectivity index (χ0n) is 10.7. The van der Waals surface area contributed by atoms with E-state index in [2.05, 4.69) is 26.8 Å². The first-order chi connectivity index (χ1) is 8.92. The largest absolute Gasteiger partial charge is 0.367 e. The smallest absolute Gasteiger partial charge is 0.203 e. The van der Waals surface area contributed by atoms with Crippen LogP contribution < -0.4 is 5.32 Å². The van der Waals surface area contributed by atoms with Gasteiger partial charge in [-0.05, 0) is 24.9 Å². The zero-order chi connectivity index (χ0) is 12.6. The Hall–Kier alpha value is -1.30. The summed E-state index contributed by atoms with van der Waals surface area (Å²) >= 11 is 1.92. The molecule has 18 heavy (non-hydrogen) atoms. The van der Waals surface area contributed by atoms with Crippen LogP contribution in [0.3, 0.4) is 0 Å². The van der Waals surface area contributed by atoms with Crippen molar-refractivity contribution < 1.29 is 0 Å². The zero-order valence-corrected chi connectivity index (χ0v) is 11.5. The van der Waals surface area contributed by atoms with E-state index in [0.717, 1.165) is 18.0 Å². The molecule has 0 saturated carbocycles. The molecule has 0 fully saturated rings. The molecule has 5 nitrogen and oxygen atoms in total. The predicted octanol–water partition coefficient (Wildman–Crippen LogP) is 2.46. The van der Waals surface area contributed by atoms with Crippen LogP contribution in [0.4, 0.5) is 5.82 Å². The van der Waals surface area contributed by atoms with Gasteiger partial charge < -0.3 is 5.32 Å². The summed E-state index contributed by atoms with van der Waals surface area (Å²) in [5.74, 6) is 2.09. The topological polar surface area (TPSA) is 55.1 Å². The Morgan fingerprint density at radius 3 is 3.06 bits per heavy atom. The van der Waals surface area contributed by atoms with Gasteiger partial charge in [0.05, 0.1) is 0 Å². The van der Waals surface area contributed by atoms with E-state index in [0.29, 0.717) is 0 Å². The normalized spacial score (nSPS) is 10.9. The molecule has 0 aromatic carbocycles. The van der Waals surface area contributed by atoms with Crippen LogP contribution in [0, 0.1) is 0 Å². The number of anilines is 1. The van der Waals surface area contributed by atoms with Crippen LogP contribution in [0.15, 0.2) is 18.7 Å². The highest BCUT2D eigenvalue weighted by molar-refractivity contribution is 7.98. The highest BCUT2D eigenvalue weighted by Gasteiger charge is 2.03. The summed E-state index contributed by atoms with van der Waals surface area (Å²) in [6, 6.07) is 0. The maximum atomic E-state index is 4.29. The van der Waals surface area contributed by atoms with Gasteiger partial charge in [-0.15, -0.1) is 10.2 Å². The molecule has 2 aromatic rings. The number of hydrogen-bond acceptors (Lipinski definition) is 5. The van der Waals surface area contributed by atoms with Gasteiger partial charge in [-0.2, -0.15) is 11.8 Å². The minimum Gasteiger partial charge on any atom is -0.367 e. The molecule has 0 radical (unpaired) electrons. The number of aromatic nitrogens is 4. The van der Waals surface area contributed by atoms with Crippen molar-refractivity contribution in [2.24, 2.45) is 0 Å². The summed E-state index contributed by atoms with van der Waals surface area (Å²) < 4.78 is 1.87. The van der Waals surface area contributed by atoms with E-state index in [4.69, 9.17) is 0 Å². The molecule has 2 aromatic heterocycles. The summed E-state index contributed by atoms with van der Waals surface area (Å²) in [7, 11) is 0. The van der Waals surface area contributed by atoms with Crippen molar-refractivity contribution in [3.63, 3.8) is 0 Å². The van der Waals surface area contributed by atoms with Crippen LogP contribution in [0.2, 0.25) is 0 Å². The average molecular weight is 265 g/mol. The quantitative estimate of drug-likeness (QED) is 0.743. The van der Waals surface area contributed by atoms with Crippen molar-refractivity contribution in [3.05, 3.63) is 18.7 Å². The standard InChI is InChI=1S/C12H19N5S/c1-18-9-5-3-2-4-6-13-11-12-16-15-10-17(12)8-7-14-11/h7-8,10H,2-6,9H2,1H3,(H,13,14). The molecule has 1 N–H and O–H groups in total. The number of rotatable bonds is 8. The highest BCUT2D eigenvalue weighted by Crippen LogP contribution is 2.10. The minimum atomic E-state index is 0.792. The Labute approximate surface area is 111 Å². The third kappa shape index (κ3) is 3.60. The summed E-state index contributed by atoms with van der Waals surface area (Å²) in [4.78, 5) is 4.29. The molecule has 0 aliphatic rings. The van der Waals surface area contributed by atoms with E-state index in [1.807, 2.05) is 22.4 Å². The Balaban J connectivity index is 1.72. The summed E-state index contributed by atoms with van der Waals surface area (Å²) in [6.07, 6.45) is 12.5. The molecular formula is C12H19N5S. The number of unbranched alkanes of at least 4 members (excludes halogenated alkanes) is 3. The second-order valence-electron chi connectivity index (χ2n) is 4.17. The lowest BCUT2D eigenvalue weighted by Gasteiger charge is -2.05. The van der Waals surface area contributed by atoms with E-state index in [9.17, 15) is 0 Å². The van der Waals surface area contributed by atoms with Crippen LogP contribution in [-0.4, -0.2) is 38.1 Å². The van der Waals surface area contributed by atoms with E-state index in [1.54, 1.807) is 12.5 Å². The Morgan fingerprint density at radius 1 is 1.28 bits per heavy atom. The second-order valence-corrected chi connectivity index (χ2v) is 5.16. The van der Waals surface area contributed by atoms with Crippen LogP contribution >= 0.6 is 11.8 Å². The maximum absolute atomic E-state index is 4.29. The molecule has 0 spiro atoms. The number of hydrogen-bond donors (Lipinski definition) is 1. The van der Waals surface area contributed by atoms with Crippen molar-refractivity contribution >= 4 is 23.2 Å². The minimum absolute atomic E-state index is 0.792. The van der Waals surface area contributed by atoms with Crippen LogP contribution in [0.1, 0.15) is 25.7 Å². The molecule has 0 aliphatic carbocycles. The van der Waals surface area contributed by atoms with Gasteiger partial charge in [-0.25, -0.2) is 4.98 Å². The molecular weight excluding hydrogens is 246 g/mol. The Kier molecular flexibility index (Phi) is 5.26.